The summed E-state index contributed by atoms with van der Waals surface area (Å²) in [7, 11) is 0. The number of aryl methyl sites for hydroxylation is 1. The van der Waals surface area contributed by atoms with Gasteiger partial charge in [-0.3, -0.25) is 4.68 Å². The zero-order chi connectivity index (χ0) is 11.3. The van der Waals surface area contributed by atoms with Crippen molar-refractivity contribution in [3.63, 3.8) is 0 Å². The van der Waals surface area contributed by atoms with Crippen molar-refractivity contribution in [1.29, 1.82) is 5.26 Å². The van der Waals surface area contributed by atoms with Crippen molar-refractivity contribution < 1.29 is 0 Å². The van der Waals surface area contributed by atoms with E-state index in [9.17, 15) is 0 Å². The molecule has 1 aromatic heterocycles. The molecule has 15 heavy (non-hydrogen) atoms. The number of hydrogen-bond donors (Lipinski definition) is 0. The first-order valence-electron chi connectivity index (χ1n) is 5.71. The van der Waals surface area contributed by atoms with Crippen LogP contribution in [0.1, 0.15) is 44.7 Å². The number of nitrogens with zero attached hydrogens (tertiary/aromatic N) is 3. The van der Waals surface area contributed by atoms with Crippen molar-refractivity contribution in [2.45, 2.75) is 46.1 Å². The van der Waals surface area contributed by atoms with Crippen LogP contribution in [-0.4, -0.2) is 9.78 Å². The number of rotatable bonds is 1. The second-order valence-electron chi connectivity index (χ2n) is 3.73. The van der Waals surface area contributed by atoms with Crippen molar-refractivity contribution in [2.75, 3.05) is 0 Å². The Bertz CT molecular complexity index is 335. The normalized spacial score (nSPS) is 24.1. The number of aromatic nitrogens is 2. The zero-order valence-electron chi connectivity index (χ0n) is 9.77. The third-order valence-corrected chi connectivity index (χ3v) is 2.72. The summed E-state index contributed by atoms with van der Waals surface area (Å²) in [5.41, 5.74) is 1.17. The maximum absolute atomic E-state index is 8.91. The van der Waals surface area contributed by atoms with Crippen LogP contribution < -0.4 is 0 Å². The first kappa shape index (κ1) is 11.8. The van der Waals surface area contributed by atoms with Crippen molar-refractivity contribution in [2.24, 2.45) is 5.92 Å². The third kappa shape index (κ3) is 2.59. The highest BCUT2D eigenvalue weighted by molar-refractivity contribution is 5.03. The highest BCUT2D eigenvalue weighted by Crippen LogP contribution is 2.34. The first-order valence-corrected chi connectivity index (χ1v) is 5.71. The fourth-order valence-corrected chi connectivity index (χ4v) is 2.02. The molecule has 3 heteroatoms. The van der Waals surface area contributed by atoms with Crippen LogP contribution in [0, 0.1) is 24.2 Å². The van der Waals surface area contributed by atoms with Crippen molar-refractivity contribution in [1.82, 2.24) is 9.78 Å². The van der Waals surface area contributed by atoms with Crippen LogP contribution in [0.25, 0.3) is 0 Å². The topological polar surface area (TPSA) is 41.6 Å². The van der Waals surface area contributed by atoms with Gasteiger partial charge in [-0.2, -0.15) is 10.4 Å². The molecule has 1 aromatic rings. The van der Waals surface area contributed by atoms with E-state index >= 15 is 0 Å². The SMILES string of the molecule is CC.Cc1cnn(C2CCCC2C#N)c1. The highest BCUT2D eigenvalue weighted by atomic mass is 15.3. The quantitative estimate of drug-likeness (QED) is 0.707. The van der Waals surface area contributed by atoms with E-state index in [1.807, 2.05) is 37.8 Å². The second-order valence-corrected chi connectivity index (χ2v) is 3.73. The van der Waals surface area contributed by atoms with Crippen LogP contribution in [0.5, 0.6) is 0 Å². The van der Waals surface area contributed by atoms with E-state index in [0.29, 0.717) is 6.04 Å². The molecule has 2 unspecified atom stereocenters. The van der Waals surface area contributed by atoms with E-state index in [4.69, 9.17) is 5.26 Å². The molecular weight excluding hydrogens is 186 g/mol. The molecule has 0 amide bonds. The van der Waals surface area contributed by atoms with Crippen molar-refractivity contribution in [3.05, 3.63) is 18.0 Å². The molecule has 0 aromatic carbocycles. The molecule has 2 rings (SSSR count). The Labute approximate surface area is 91.7 Å². The minimum atomic E-state index is 0.166. The van der Waals surface area contributed by atoms with Crippen LogP contribution in [0.2, 0.25) is 0 Å². The standard InChI is InChI=1S/C10H13N3.C2H6/c1-8-6-12-13(7-8)10-4-2-3-9(10)5-11;1-2/h6-7,9-10H,2-4H2,1H3;1-2H3. The fraction of sp³-hybridized carbons (Fsp3) is 0.667. The van der Waals surface area contributed by atoms with Crippen LogP contribution in [0.3, 0.4) is 0 Å². The second kappa shape index (κ2) is 5.55. The number of nitriles is 1. The highest BCUT2D eigenvalue weighted by Gasteiger charge is 2.28. The summed E-state index contributed by atoms with van der Waals surface area (Å²) in [6, 6.07) is 2.68. The molecule has 82 valence electrons. The average Bonchev–Trinajstić information content (AvgIpc) is 2.88. The molecule has 0 N–H and O–H groups in total. The first-order chi connectivity index (χ1) is 7.31. The largest absolute Gasteiger partial charge is 0.268 e. The van der Waals surface area contributed by atoms with Gasteiger partial charge in [-0.1, -0.05) is 13.8 Å². The molecule has 3 nitrogen and oxygen atoms in total. The summed E-state index contributed by atoms with van der Waals surface area (Å²) in [5, 5.41) is 13.2. The maximum Gasteiger partial charge on any atom is 0.0687 e. The van der Waals surface area contributed by atoms with E-state index in [-0.39, 0.29) is 5.92 Å². The van der Waals surface area contributed by atoms with Gasteiger partial charge in [0.15, 0.2) is 0 Å². The van der Waals surface area contributed by atoms with Gasteiger partial charge in [-0.05, 0) is 31.7 Å². The Morgan fingerprint density at radius 3 is 2.73 bits per heavy atom. The summed E-state index contributed by atoms with van der Waals surface area (Å²) in [6.45, 7) is 6.03. The van der Waals surface area contributed by atoms with Gasteiger partial charge >= 0.3 is 0 Å². The lowest BCUT2D eigenvalue weighted by Crippen LogP contribution is -2.12. The molecule has 2 atom stereocenters. The van der Waals surface area contributed by atoms with Gasteiger partial charge < -0.3 is 0 Å². The molecule has 0 spiro atoms. The summed E-state index contributed by atoms with van der Waals surface area (Å²) in [5.74, 6) is 0.166. The molecule has 1 aliphatic rings. The third-order valence-electron chi connectivity index (χ3n) is 2.72. The fourth-order valence-electron chi connectivity index (χ4n) is 2.02. The van der Waals surface area contributed by atoms with Crippen LogP contribution >= 0.6 is 0 Å². The Balaban J connectivity index is 0.000000531. The predicted molar refractivity (Wildman–Crippen MR) is 60.3 cm³/mol. The van der Waals surface area contributed by atoms with Crippen LogP contribution in [0.4, 0.5) is 0 Å². The smallest absolute Gasteiger partial charge is 0.0687 e. The van der Waals surface area contributed by atoms with E-state index in [0.717, 1.165) is 19.3 Å². The minimum Gasteiger partial charge on any atom is -0.268 e. The lowest BCUT2D eigenvalue weighted by Gasteiger charge is -2.13. The van der Waals surface area contributed by atoms with E-state index in [1.165, 1.54) is 5.56 Å². The molecule has 0 bridgehead atoms. The van der Waals surface area contributed by atoms with Gasteiger partial charge in [-0.25, -0.2) is 0 Å². The van der Waals surface area contributed by atoms with Gasteiger partial charge in [0.25, 0.3) is 0 Å². The van der Waals surface area contributed by atoms with E-state index in [2.05, 4.69) is 11.2 Å². The van der Waals surface area contributed by atoms with Crippen LogP contribution in [-0.2, 0) is 0 Å². The van der Waals surface area contributed by atoms with Gasteiger partial charge in [0.05, 0.1) is 24.2 Å². The molecule has 1 saturated carbocycles. The Hall–Kier alpha value is -1.30. The summed E-state index contributed by atoms with van der Waals surface area (Å²) in [4.78, 5) is 0. The lowest BCUT2D eigenvalue weighted by atomic mass is 10.1. The Kier molecular flexibility index (Phi) is 4.36. The predicted octanol–water partition coefficient (Wildman–Crippen LogP) is 3.08. The van der Waals surface area contributed by atoms with E-state index < -0.39 is 0 Å². The van der Waals surface area contributed by atoms with Crippen LogP contribution in [0.15, 0.2) is 12.4 Å². The monoisotopic (exact) mass is 205 g/mol. The molecule has 0 radical (unpaired) electrons. The Morgan fingerprint density at radius 1 is 1.47 bits per heavy atom. The zero-order valence-corrected chi connectivity index (χ0v) is 9.77. The summed E-state index contributed by atoms with van der Waals surface area (Å²) < 4.78 is 1.95. The van der Waals surface area contributed by atoms with E-state index in [1.54, 1.807) is 0 Å². The van der Waals surface area contributed by atoms with Gasteiger partial charge in [0.2, 0.25) is 0 Å². The molecule has 0 aliphatic heterocycles. The maximum atomic E-state index is 8.91. The molecular formula is C12H19N3. The number of hydrogen-bond acceptors (Lipinski definition) is 2. The summed E-state index contributed by atoms with van der Waals surface area (Å²) >= 11 is 0. The minimum absolute atomic E-state index is 0.166. The van der Waals surface area contributed by atoms with Crippen molar-refractivity contribution >= 4 is 0 Å². The van der Waals surface area contributed by atoms with Gasteiger partial charge in [0, 0.05) is 6.20 Å². The molecule has 1 fully saturated rings. The summed E-state index contributed by atoms with van der Waals surface area (Å²) in [6.07, 6.45) is 7.16. The Morgan fingerprint density at radius 2 is 2.20 bits per heavy atom. The molecule has 1 aliphatic carbocycles. The van der Waals surface area contributed by atoms with Crippen molar-refractivity contribution in [3.8, 4) is 6.07 Å². The van der Waals surface area contributed by atoms with Gasteiger partial charge in [-0.15, -0.1) is 0 Å². The average molecular weight is 205 g/mol. The lowest BCUT2D eigenvalue weighted by molar-refractivity contribution is 0.409. The molecule has 1 heterocycles. The molecule has 0 saturated heterocycles. The van der Waals surface area contributed by atoms with Gasteiger partial charge in [0.1, 0.15) is 0 Å².